The van der Waals surface area contributed by atoms with E-state index in [1.807, 2.05) is 14.0 Å². The minimum absolute atomic E-state index is 0.346. The highest BCUT2D eigenvalue weighted by Crippen LogP contribution is 2.15. The maximum absolute atomic E-state index is 9.17. The molecule has 1 atom stereocenters. The zero-order valence-electron chi connectivity index (χ0n) is 11.8. The van der Waals surface area contributed by atoms with E-state index >= 15 is 0 Å². The third-order valence-electron chi connectivity index (χ3n) is 3.26. The molecule has 4 heteroatoms. The largest absolute Gasteiger partial charge is 0.380 e. The molecule has 17 heavy (non-hydrogen) atoms. The van der Waals surface area contributed by atoms with Gasteiger partial charge >= 0.3 is 0 Å². The van der Waals surface area contributed by atoms with Gasteiger partial charge in [-0.3, -0.25) is 0 Å². The number of hydrogen-bond donors (Lipinski definition) is 1. The van der Waals surface area contributed by atoms with Gasteiger partial charge in [0.15, 0.2) is 0 Å². The van der Waals surface area contributed by atoms with Crippen LogP contribution in [0.25, 0.3) is 0 Å². The quantitative estimate of drug-likeness (QED) is 0.591. The monoisotopic (exact) mass is 241 g/mol. The first kappa shape index (κ1) is 16.4. The summed E-state index contributed by atoms with van der Waals surface area (Å²) < 4.78 is 5.31. The lowest BCUT2D eigenvalue weighted by Gasteiger charge is -2.25. The van der Waals surface area contributed by atoms with Crippen LogP contribution >= 0.6 is 0 Å². The molecule has 0 aliphatic heterocycles. The summed E-state index contributed by atoms with van der Waals surface area (Å²) in [4.78, 5) is 2.25. The zero-order valence-corrected chi connectivity index (χ0v) is 11.8. The second-order valence-corrected chi connectivity index (χ2v) is 4.40. The highest BCUT2D eigenvalue weighted by molar-refractivity contribution is 5.05. The normalized spacial score (nSPS) is 14.6. The van der Waals surface area contributed by atoms with Crippen molar-refractivity contribution in [2.24, 2.45) is 0 Å². The SMILES string of the molecule is CCOCCN(C)CCCC(C#N)(CC)NC. The molecule has 0 aliphatic rings. The van der Waals surface area contributed by atoms with Crippen LogP contribution in [0.15, 0.2) is 0 Å². The molecule has 0 saturated heterocycles. The molecule has 0 heterocycles. The second-order valence-electron chi connectivity index (χ2n) is 4.40. The molecule has 0 aromatic carbocycles. The van der Waals surface area contributed by atoms with Crippen molar-refractivity contribution in [2.75, 3.05) is 40.4 Å². The van der Waals surface area contributed by atoms with Crippen molar-refractivity contribution in [3.8, 4) is 6.07 Å². The van der Waals surface area contributed by atoms with Gasteiger partial charge in [0.25, 0.3) is 0 Å². The van der Waals surface area contributed by atoms with Crippen LogP contribution in [-0.4, -0.2) is 50.8 Å². The third-order valence-corrected chi connectivity index (χ3v) is 3.26. The molecule has 0 amide bonds. The molecule has 100 valence electrons. The fraction of sp³-hybridized carbons (Fsp3) is 0.923. The molecule has 0 rings (SSSR count). The molecule has 0 saturated carbocycles. The van der Waals surface area contributed by atoms with E-state index in [2.05, 4.69) is 30.3 Å². The summed E-state index contributed by atoms with van der Waals surface area (Å²) in [6.45, 7) is 7.60. The number of nitriles is 1. The molecule has 0 fully saturated rings. The average Bonchev–Trinajstić information content (AvgIpc) is 2.36. The zero-order chi connectivity index (χ0) is 13.1. The van der Waals surface area contributed by atoms with Gasteiger partial charge in [0.2, 0.25) is 0 Å². The topological polar surface area (TPSA) is 48.3 Å². The van der Waals surface area contributed by atoms with Crippen LogP contribution in [0.5, 0.6) is 0 Å². The molecule has 0 radical (unpaired) electrons. The summed E-state index contributed by atoms with van der Waals surface area (Å²) in [5.74, 6) is 0. The van der Waals surface area contributed by atoms with Crippen molar-refractivity contribution in [2.45, 2.75) is 38.6 Å². The Balaban J connectivity index is 3.78. The predicted octanol–water partition coefficient (Wildman–Crippen LogP) is 1.63. The molecule has 0 aromatic rings. The number of nitrogens with one attached hydrogen (secondary N) is 1. The molecule has 0 spiro atoms. The van der Waals surface area contributed by atoms with Crippen molar-refractivity contribution >= 4 is 0 Å². The van der Waals surface area contributed by atoms with Gasteiger partial charge in [-0.15, -0.1) is 0 Å². The summed E-state index contributed by atoms with van der Waals surface area (Å²) in [5, 5.41) is 12.3. The van der Waals surface area contributed by atoms with Crippen molar-refractivity contribution in [1.29, 1.82) is 5.26 Å². The lowest BCUT2D eigenvalue weighted by Crippen LogP contribution is -2.41. The fourth-order valence-electron chi connectivity index (χ4n) is 1.80. The van der Waals surface area contributed by atoms with E-state index in [-0.39, 0.29) is 5.54 Å². The summed E-state index contributed by atoms with van der Waals surface area (Å²) >= 11 is 0. The smallest absolute Gasteiger partial charge is 0.106 e. The Morgan fingerprint density at radius 3 is 2.53 bits per heavy atom. The van der Waals surface area contributed by atoms with Gasteiger partial charge in [-0.2, -0.15) is 5.26 Å². The molecule has 4 nitrogen and oxygen atoms in total. The number of nitrogens with zero attached hydrogens (tertiary/aromatic N) is 2. The van der Waals surface area contributed by atoms with E-state index in [1.165, 1.54) is 0 Å². The van der Waals surface area contributed by atoms with Gasteiger partial charge in [-0.25, -0.2) is 0 Å². The Labute approximate surface area is 106 Å². The Morgan fingerprint density at radius 1 is 1.35 bits per heavy atom. The highest BCUT2D eigenvalue weighted by atomic mass is 16.5. The molecule has 0 bridgehead atoms. The molecule has 1 unspecified atom stereocenters. The van der Waals surface area contributed by atoms with Crippen LogP contribution in [0.2, 0.25) is 0 Å². The second kappa shape index (κ2) is 9.41. The minimum Gasteiger partial charge on any atom is -0.380 e. The van der Waals surface area contributed by atoms with E-state index in [9.17, 15) is 0 Å². The van der Waals surface area contributed by atoms with Crippen LogP contribution in [0.3, 0.4) is 0 Å². The van der Waals surface area contributed by atoms with Crippen LogP contribution < -0.4 is 5.32 Å². The number of ether oxygens (including phenoxy) is 1. The molecule has 0 aliphatic carbocycles. The van der Waals surface area contributed by atoms with Gasteiger partial charge in [0, 0.05) is 13.2 Å². The van der Waals surface area contributed by atoms with Gasteiger partial charge in [-0.05, 0) is 46.8 Å². The lowest BCUT2D eigenvalue weighted by molar-refractivity contribution is 0.121. The van der Waals surface area contributed by atoms with Gasteiger partial charge < -0.3 is 15.0 Å². The third kappa shape index (κ3) is 6.62. The van der Waals surface area contributed by atoms with Gasteiger partial charge in [0.05, 0.1) is 12.7 Å². The predicted molar refractivity (Wildman–Crippen MR) is 70.9 cm³/mol. The standard InChI is InChI=1S/C13H27N3O/c1-5-13(12-14,15-3)8-7-9-16(4)10-11-17-6-2/h15H,5-11H2,1-4H3. The average molecular weight is 241 g/mol. The van der Waals surface area contributed by atoms with Crippen LogP contribution in [-0.2, 0) is 4.74 Å². The first-order valence-corrected chi connectivity index (χ1v) is 6.50. The van der Waals surface area contributed by atoms with Crippen molar-refractivity contribution < 1.29 is 4.74 Å². The Bertz CT molecular complexity index is 221. The highest BCUT2D eigenvalue weighted by Gasteiger charge is 2.24. The first-order valence-electron chi connectivity index (χ1n) is 6.50. The van der Waals surface area contributed by atoms with Gasteiger partial charge in [0.1, 0.15) is 5.54 Å². The molecule has 0 aromatic heterocycles. The molecule has 1 N–H and O–H groups in total. The van der Waals surface area contributed by atoms with Crippen LogP contribution in [0.4, 0.5) is 0 Å². The Morgan fingerprint density at radius 2 is 2.06 bits per heavy atom. The maximum atomic E-state index is 9.17. The van der Waals surface area contributed by atoms with Crippen LogP contribution in [0.1, 0.15) is 33.1 Å². The van der Waals surface area contributed by atoms with E-state index in [1.54, 1.807) is 0 Å². The number of rotatable bonds is 10. The number of hydrogen-bond acceptors (Lipinski definition) is 4. The summed E-state index contributed by atoms with van der Waals surface area (Å²) in [7, 11) is 3.96. The van der Waals surface area contributed by atoms with E-state index < -0.39 is 0 Å². The molecular formula is C13H27N3O. The summed E-state index contributed by atoms with van der Waals surface area (Å²) in [6, 6.07) is 2.39. The number of likely N-dealkylation sites (N-methyl/N-ethyl adjacent to an activating group) is 1. The van der Waals surface area contributed by atoms with E-state index in [4.69, 9.17) is 10.00 Å². The van der Waals surface area contributed by atoms with Gasteiger partial charge in [-0.1, -0.05) is 6.92 Å². The first-order chi connectivity index (χ1) is 8.14. The van der Waals surface area contributed by atoms with Crippen molar-refractivity contribution in [3.63, 3.8) is 0 Å². The minimum atomic E-state index is -0.346. The van der Waals surface area contributed by atoms with Crippen molar-refractivity contribution in [1.82, 2.24) is 10.2 Å². The maximum Gasteiger partial charge on any atom is 0.106 e. The van der Waals surface area contributed by atoms with Crippen LogP contribution in [0, 0.1) is 11.3 Å². The fourth-order valence-corrected chi connectivity index (χ4v) is 1.80. The lowest BCUT2D eigenvalue weighted by atomic mass is 9.92. The Hall–Kier alpha value is -0.630. The van der Waals surface area contributed by atoms with Crippen molar-refractivity contribution in [3.05, 3.63) is 0 Å². The van der Waals surface area contributed by atoms with E-state index in [0.29, 0.717) is 0 Å². The van der Waals surface area contributed by atoms with E-state index in [0.717, 1.165) is 45.6 Å². The Kier molecular flexibility index (Phi) is 9.06. The summed E-state index contributed by atoms with van der Waals surface area (Å²) in [6.07, 6.45) is 2.78. The molecular weight excluding hydrogens is 214 g/mol. The summed E-state index contributed by atoms with van der Waals surface area (Å²) in [5.41, 5.74) is -0.346.